The lowest BCUT2D eigenvalue weighted by Gasteiger charge is -2.28. The predicted molar refractivity (Wildman–Crippen MR) is 149 cm³/mol. The zero-order valence-electron chi connectivity index (χ0n) is 22.5. The molecular formula is C30H35N5O3. The number of carbonyl (C=O) groups excluding carboxylic acids is 1. The van der Waals surface area contributed by atoms with Crippen LogP contribution in [0.15, 0.2) is 53.5 Å². The summed E-state index contributed by atoms with van der Waals surface area (Å²) < 4.78 is 5.46. The van der Waals surface area contributed by atoms with Crippen LogP contribution in [-0.2, 0) is 17.8 Å². The molecule has 8 nitrogen and oxygen atoms in total. The molecule has 3 heterocycles. The van der Waals surface area contributed by atoms with Gasteiger partial charge in [0.15, 0.2) is 0 Å². The first kappa shape index (κ1) is 25.9. The van der Waals surface area contributed by atoms with Crippen molar-refractivity contribution in [1.29, 1.82) is 0 Å². The first-order valence-electron chi connectivity index (χ1n) is 13.2. The fraction of sp³-hybridized carbons (Fsp3) is 0.367. The Morgan fingerprint density at radius 1 is 1.08 bits per heavy atom. The number of fused-ring (bicyclic) bond motifs is 1. The highest BCUT2D eigenvalue weighted by atomic mass is 16.5. The summed E-state index contributed by atoms with van der Waals surface area (Å²) in [7, 11) is 0. The summed E-state index contributed by atoms with van der Waals surface area (Å²) in [6, 6.07) is 14.3. The number of hydrogen-bond acceptors (Lipinski definition) is 5. The Kier molecular flexibility index (Phi) is 7.44. The quantitative estimate of drug-likeness (QED) is 0.382. The maximum Gasteiger partial charge on any atom is 0.255 e. The molecule has 8 heteroatoms. The molecule has 1 saturated heterocycles. The van der Waals surface area contributed by atoms with Crippen molar-refractivity contribution in [2.24, 2.45) is 0 Å². The van der Waals surface area contributed by atoms with Gasteiger partial charge in [0, 0.05) is 42.3 Å². The number of rotatable bonds is 7. The molecule has 2 aromatic heterocycles. The highest BCUT2D eigenvalue weighted by Gasteiger charge is 2.24. The van der Waals surface area contributed by atoms with E-state index in [2.05, 4.69) is 44.3 Å². The second kappa shape index (κ2) is 10.9. The number of hydrogen-bond donors (Lipinski definition) is 2. The van der Waals surface area contributed by atoms with Gasteiger partial charge in [-0.15, -0.1) is 0 Å². The fourth-order valence-electron chi connectivity index (χ4n) is 5.11. The molecule has 0 aliphatic carbocycles. The van der Waals surface area contributed by atoms with Gasteiger partial charge < -0.3 is 14.6 Å². The minimum atomic E-state index is -0.152. The van der Waals surface area contributed by atoms with Crippen LogP contribution in [-0.4, -0.2) is 63.2 Å². The zero-order chi connectivity index (χ0) is 26.8. The Labute approximate surface area is 222 Å². The molecule has 1 aliphatic heterocycles. The van der Waals surface area contributed by atoms with Crippen molar-refractivity contribution in [3.8, 4) is 11.1 Å². The smallest absolute Gasteiger partial charge is 0.255 e. The Balaban J connectivity index is 1.46. The maximum absolute atomic E-state index is 14.0. The van der Waals surface area contributed by atoms with Crippen molar-refractivity contribution >= 4 is 16.8 Å². The van der Waals surface area contributed by atoms with Crippen molar-refractivity contribution < 1.29 is 9.53 Å². The number of carbonyl (C=O) groups is 1. The van der Waals surface area contributed by atoms with Crippen LogP contribution < -0.4 is 5.56 Å². The van der Waals surface area contributed by atoms with E-state index in [4.69, 9.17) is 4.74 Å². The van der Waals surface area contributed by atoms with Crippen LogP contribution in [0.2, 0.25) is 0 Å². The number of amides is 1. The van der Waals surface area contributed by atoms with E-state index in [1.807, 2.05) is 45.9 Å². The van der Waals surface area contributed by atoms with Crippen LogP contribution in [0.5, 0.6) is 0 Å². The fourth-order valence-corrected chi connectivity index (χ4v) is 5.11. The van der Waals surface area contributed by atoms with E-state index in [9.17, 15) is 9.59 Å². The van der Waals surface area contributed by atoms with E-state index in [0.29, 0.717) is 11.1 Å². The van der Waals surface area contributed by atoms with Crippen LogP contribution in [0.1, 0.15) is 46.6 Å². The average Bonchev–Trinajstić information content (AvgIpc) is 3.37. The van der Waals surface area contributed by atoms with Crippen LogP contribution >= 0.6 is 0 Å². The maximum atomic E-state index is 14.0. The van der Waals surface area contributed by atoms with Gasteiger partial charge in [0.05, 0.1) is 37.0 Å². The Morgan fingerprint density at radius 3 is 2.50 bits per heavy atom. The first-order chi connectivity index (χ1) is 18.3. The Bertz CT molecular complexity index is 1500. The summed E-state index contributed by atoms with van der Waals surface area (Å²) >= 11 is 0. The predicted octanol–water partition coefficient (Wildman–Crippen LogP) is 4.42. The van der Waals surface area contributed by atoms with Gasteiger partial charge in [-0.1, -0.05) is 24.3 Å². The molecule has 1 aliphatic rings. The average molecular weight is 514 g/mol. The summed E-state index contributed by atoms with van der Waals surface area (Å²) in [6.45, 7) is 12.3. The molecule has 38 heavy (non-hydrogen) atoms. The van der Waals surface area contributed by atoms with Gasteiger partial charge in [-0.05, 0) is 68.1 Å². The summed E-state index contributed by atoms with van der Waals surface area (Å²) in [6.07, 6.45) is 1.69. The third kappa shape index (κ3) is 5.42. The van der Waals surface area contributed by atoms with Crippen LogP contribution in [0, 0.1) is 13.8 Å². The van der Waals surface area contributed by atoms with Gasteiger partial charge in [-0.2, -0.15) is 5.10 Å². The van der Waals surface area contributed by atoms with Gasteiger partial charge >= 0.3 is 0 Å². The zero-order valence-corrected chi connectivity index (χ0v) is 22.5. The number of aromatic nitrogens is 3. The van der Waals surface area contributed by atoms with E-state index in [-0.39, 0.29) is 24.1 Å². The van der Waals surface area contributed by atoms with Gasteiger partial charge in [-0.25, -0.2) is 0 Å². The molecule has 0 saturated carbocycles. The third-order valence-corrected chi connectivity index (χ3v) is 7.29. The molecule has 0 unspecified atom stereocenters. The number of aromatic amines is 2. The highest BCUT2D eigenvalue weighted by molar-refractivity contribution is 6.07. The highest BCUT2D eigenvalue weighted by Crippen LogP contribution is 2.29. The minimum absolute atomic E-state index is 0.104. The van der Waals surface area contributed by atoms with Crippen molar-refractivity contribution in [1.82, 2.24) is 25.0 Å². The second-order valence-electron chi connectivity index (χ2n) is 10.4. The molecule has 1 amide bonds. The van der Waals surface area contributed by atoms with Crippen LogP contribution in [0.25, 0.3) is 22.0 Å². The molecule has 198 valence electrons. The van der Waals surface area contributed by atoms with Gasteiger partial charge in [0.2, 0.25) is 0 Å². The summed E-state index contributed by atoms with van der Waals surface area (Å²) in [5.41, 5.74) is 6.73. The third-order valence-electron chi connectivity index (χ3n) is 7.29. The molecule has 1 fully saturated rings. The monoisotopic (exact) mass is 513 g/mol. The lowest BCUT2D eigenvalue weighted by atomic mass is 9.98. The first-order valence-corrected chi connectivity index (χ1v) is 13.2. The normalized spacial score (nSPS) is 14.3. The van der Waals surface area contributed by atoms with Crippen molar-refractivity contribution in [3.63, 3.8) is 0 Å². The van der Waals surface area contributed by atoms with E-state index < -0.39 is 0 Å². The summed E-state index contributed by atoms with van der Waals surface area (Å²) in [5, 5.41) is 8.02. The lowest BCUT2D eigenvalue weighted by Crippen LogP contribution is -2.38. The number of H-pyrrole nitrogens is 2. The number of benzene rings is 2. The standard InChI is InChI=1S/C30H35N5O3/c1-19(2)35(18-27-20(3)13-21(4)32-29(27)36)30(37)25-14-24(15-28-26(25)16-31-33-28)23-7-5-22(6-8-23)17-34-9-11-38-12-10-34/h5-8,13-16,19H,9-12,17-18H2,1-4H3,(H,31,33)(H,32,36). The molecule has 2 N–H and O–H groups in total. The number of pyridine rings is 1. The summed E-state index contributed by atoms with van der Waals surface area (Å²) in [5.74, 6) is -0.128. The second-order valence-corrected chi connectivity index (χ2v) is 10.4. The van der Waals surface area contributed by atoms with Crippen LogP contribution in [0.4, 0.5) is 0 Å². The summed E-state index contributed by atoms with van der Waals surface area (Å²) in [4.78, 5) is 33.8. The molecule has 0 bridgehead atoms. The minimum Gasteiger partial charge on any atom is -0.379 e. The molecule has 0 atom stereocenters. The van der Waals surface area contributed by atoms with Crippen molar-refractivity contribution in [2.45, 2.75) is 46.8 Å². The number of nitrogens with zero attached hydrogens (tertiary/aromatic N) is 3. The number of morpholine rings is 1. The van der Waals surface area contributed by atoms with E-state index in [1.165, 1.54) is 5.56 Å². The SMILES string of the molecule is Cc1cc(C)c(CN(C(=O)c2cc(-c3ccc(CN4CCOCC4)cc3)cc3[nH]ncc23)C(C)C)c(=O)[nH]1. The number of aryl methyl sites for hydroxylation is 2. The van der Waals surface area contributed by atoms with Crippen molar-refractivity contribution in [2.75, 3.05) is 26.3 Å². The van der Waals surface area contributed by atoms with Crippen LogP contribution in [0.3, 0.4) is 0 Å². The van der Waals surface area contributed by atoms with E-state index in [0.717, 1.165) is 66.1 Å². The molecule has 4 aromatic rings. The molecular weight excluding hydrogens is 478 g/mol. The van der Waals surface area contributed by atoms with E-state index >= 15 is 0 Å². The lowest BCUT2D eigenvalue weighted by molar-refractivity contribution is 0.0342. The number of ether oxygens (including phenoxy) is 1. The molecule has 0 radical (unpaired) electrons. The van der Waals surface area contributed by atoms with Gasteiger partial charge in [0.1, 0.15) is 0 Å². The Hall–Kier alpha value is -3.75. The molecule has 2 aromatic carbocycles. The topological polar surface area (TPSA) is 94.3 Å². The van der Waals surface area contributed by atoms with Crippen molar-refractivity contribution in [3.05, 3.63) is 87.0 Å². The van der Waals surface area contributed by atoms with Gasteiger partial charge in [-0.3, -0.25) is 19.6 Å². The van der Waals surface area contributed by atoms with E-state index in [1.54, 1.807) is 11.1 Å². The number of nitrogens with one attached hydrogen (secondary N) is 2. The molecule has 0 spiro atoms. The Morgan fingerprint density at radius 2 is 1.82 bits per heavy atom. The largest absolute Gasteiger partial charge is 0.379 e. The molecule has 5 rings (SSSR count). The van der Waals surface area contributed by atoms with Gasteiger partial charge in [0.25, 0.3) is 11.5 Å².